The normalized spacial score (nSPS) is 12.0. The third-order valence-electron chi connectivity index (χ3n) is 8.32. The van der Waals surface area contributed by atoms with Crippen LogP contribution < -0.4 is 0 Å². The van der Waals surface area contributed by atoms with Crippen molar-refractivity contribution < 1.29 is 0 Å². The Morgan fingerprint density at radius 1 is 0.400 bits per heavy atom. The number of aromatic nitrogens is 3. The Balaban J connectivity index is 1.46. The Bertz CT molecular complexity index is 2430. The van der Waals surface area contributed by atoms with E-state index in [0.29, 0.717) is 0 Å². The van der Waals surface area contributed by atoms with E-state index in [9.17, 15) is 0 Å². The Hall–Kier alpha value is -5.41. The molecule has 0 saturated carbocycles. The van der Waals surface area contributed by atoms with E-state index >= 15 is 0 Å². The summed E-state index contributed by atoms with van der Waals surface area (Å²) in [6, 6.07) is 46.0. The topological polar surface area (TPSA) is 22.2 Å². The second kappa shape index (κ2) is 8.05. The molecule has 0 amide bonds. The van der Waals surface area contributed by atoms with E-state index in [4.69, 9.17) is 0 Å². The summed E-state index contributed by atoms with van der Waals surface area (Å²) in [5.41, 5.74) is 9.38. The number of pyridine rings is 2. The first-order chi connectivity index (χ1) is 19.8. The van der Waals surface area contributed by atoms with E-state index in [2.05, 4.69) is 135 Å². The fourth-order valence-electron chi connectivity index (χ4n) is 6.58. The first-order valence-electron chi connectivity index (χ1n) is 13.6. The molecule has 3 nitrogen and oxygen atoms in total. The van der Waals surface area contributed by atoms with Gasteiger partial charge >= 0.3 is 0 Å². The number of rotatable bonds is 2. The summed E-state index contributed by atoms with van der Waals surface area (Å²) in [5, 5.41) is 7.53. The van der Waals surface area contributed by atoms with Gasteiger partial charge in [-0.15, -0.1) is 0 Å². The van der Waals surface area contributed by atoms with Crippen LogP contribution in [-0.2, 0) is 0 Å². The molecule has 186 valence electrons. The summed E-state index contributed by atoms with van der Waals surface area (Å²) in [4.78, 5) is 4.69. The smallest absolute Gasteiger partial charge is 0.0651 e. The molecule has 0 saturated heterocycles. The molecule has 4 heterocycles. The maximum atomic E-state index is 4.69. The van der Waals surface area contributed by atoms with Crippen molar-refractivity contribution >= 4 is 59.9 Å². The Morgan fingerprint density at radius 2 is 1.07 bits per heavy atom. The van der Waals surface area contributed by atoms with E-state index in [1.165, 1.54) is 59.9 Å². The highest BCUT2D eigenvalue weighted by atomic mass is 15.0. The summed E-state index contributed by atoms with van der Waals surface area (Å²) in [7, 11) is 0. The largest absolute Gasteiger partial charge is 0.309 e. The zero-order valence-corrected chi connectivity index (χ0v) is 21.6. The summed E-state index contributed by atoms with van der Waals surface area (Å²) < 4.78 is 4.79. The number of hydrogen-bond acceptors (Lipinski definition) is 1. The highest BCUT2D eigenvalue weighted by Gasteiger charge is 2.18. The van der Waals surface area contributed by atoms with Gasteiger partial charge in [-0.2, -0.15) is 0 Å². The zero-order chi connectivity index (χ0) is 26.2. The van der Waals surface area contributed by atoms with Crippen LogP contribution in [0.4, 0.5) is 0 Å². The standard InChI is InChI=1S/C37H23N3/c1-2-10-24(11-3-1)26-18-27(23-38-22-26)39-34-16-8-6-14-29(34)31-20-30-28-13-5-9-17-35(28)40-33-15-7-4-12-25(33)19-36(40)32(30)21-37(31)39/h1-23H. The molecule has 5 aromatic carbocycles. The van der Waals surface area contributed by atoms with Crippen molar-refractivity contribution in [2.24, 2.45) is 0 Å². The summed E-state index contributed by atoms with van der Waals surface area (Å²) in [6.45, 7) is 0. The molecule has 9 aromatic rings. The van der Waals surface area contributed by atoms with Gasteiger partial charge in [0.2, 0.25) is 0 Å². The molecule has 0 radical (unpaired) electrons. The lowest BCUT2D eigenvalue weighted by molar-refractivity contribution is 1.14. The monoisotopic (exact) mass is 509 g/mol. The highest BCUT2D eigenvalue weighted by molar-refractivity contribution is 6.22. The molecular weight excluding hydrogens is 486 g/mol. The van der Waals surface area contributed by atoms with E-state index in [1.807, 2.05) is 18.5 Å². The van der Waals surface area contributed by atoms with Crippen LogP contribution in [0.1, 0.15) is 0 Å². The fraction of sp³-hybridized carbons (Fsp3) is 0. The van der Waals surface area contributed by atoms with Gasteiger partial charge in [0, 0.05) is 38.7 Å². The van der Waals surface area contributed by atoms with Gasteiger partial charge in [0.1, 0.15) is 0 Å². The van der Waals surface area contributed by atoms with Crippen LogP contribution in [0.5, 0.6) is 0 Å². The van der Waals surface area contributed by atoms with Crippen molar-refractivity contribution in [3.63, 3.8) is 0 Å². The molecule has 0 aliphatic carbocycles. The molecular formula is C37H23N3. The van der Waals surface area contributed by atoms with Crippen LogP contribution in [0.3, 0.4) is 0 Å². The van der Waals surface area contributed by atoms with E-state index < -0.39 is 0 Å². The first kappa shape index (κ1) is 21.5. The van der Waals surface area contributed by atoms with Gasteiger partial charge < -0.3 is 8.97 Å². The lowest BCUT2D eigenvalue weighted by Crippen LogP contribution is -1.96. The second-order valence-corrected chi connectivity index (χ2v) is 10.5. The maximum Gasteiger partial charge on any atom is 0.0651 e. The van der Waals surface area contributed by atoms with Crippen LogP contribution in [0, 0.1) is 0 Å². The molecule has 0 spiro atoms. The summed E-state index contributed by atoms with van der Waals surface area (Å²) in [6.07, 6.45) is 3.92. The minimum atomic E-state index is 1.06. The predicted molar refractivity (Wildman–Crippen MR) is 167 cm³/mol. The minimum absolute atomic E-state index is 1.06. The zero-order valence-electron chi connectivity index (χ0n) is 21.6. The van der Waals surface area contributed by atoms with Crippen molar-refractivity contribution in [2.75, 3.05) is 0 Å². The predicted octanol–water partition coefficient (Wildman–Crippen LogP) is 9.56. The van der Waals surface area contributed by atoms with E-state index in [-0.39, 0.29) is 0 Å². The second-order valence-electron chi connectivity index (χ2n) is 10.5. The fourth-order valence-corrected chi connectivity index (χ4v) is 6.58. The molecule has 3 heteroatoms. The van der Waals surface area contributed by atoms with Crippen LogP contribution in [0.2, 0.25) is 0 Å². The maximum absolute atomic E-state index is 4.69. The molecule has 0 N–H and O–H groups in total. The molecule has 0 unspecified atom stereocenters. The first-order valence-corrected chi connectivity index (χ1v) is 13.6. The number of benzene rings is 5. The Labute approximate surface area is 230 Å². The molecule has 0 aliphatic rings. The number of para-hydroxylation sites is 3. The van der Waals surface area contributed by atoms with Gasteiger partial charge in [-0.3, -0.25) is 4.98 Å². The van der Waals surface area contributed by atoms with Crippen LogP contribution >= 0.6 is 0 Å². The Kier molecular flexibility index (Phi) is 4.33. The van der Waals surface area contributed by atoms with E-state index in [1.54, 1.807) is 0 Å². The molecule has 0 bridgehead atoms. The van der Waals surface area contributed by atoms with Gasteiger partial charge in [-0.25, -0.2) is 0 Å². The SMILES string of the molecule is c1ccc(-c2cncc(-n3c4ccccc4c4cc5c6ccccc6n6c7ccccc7cc6c5cc43)c2)cc1. The van der Waals surface area contributed by atoms with Crippen LogP contribution in [0.15, 0.2) is 140 Å². The highest BCUT2D eigenvalue weighted by Crippen LogP contribution is 2.40. The molecule has 0 atom stereocenters. The number of fused-ring (bicyclic) bond motifs is 11. The van der Waals surface area contributed by atoms with Crippen molar-refractivity contribution in [1.29, 1.82) is 0 Å². The van der Waals surface area contributed by atoms with Crippen molar-refractivity contribution in [3.05, 3.63) is 140 Å². The summed E-state index contributed by atoms with van der Waals surface area (Å²) in [5.74, 6) is 0. The van der Waals surface area contributed by atoms with Crippen molar-refractivity contribution in [2.45, 2.75) is 0 Å². The quantitative estimate of drug-likeness (QED) is 0.213. The number of nitrogens with zero attached hydrogens (tertiary/aromatic N) is 3. The van der Waals surface area contributed by atoms with Gasteiger partial charge in [0.25, 0.3) is 0 Å². The van der Waals surface area contributed by atoms with Gasteiger partial charge in [-0.1, -0.05) is 84.9 Å². The lowest BCUT2D eigenvalue weighted by atomic mass is 10.0. The third kappa shape index (κ3) is 2.92. The van der Waals surface area contributed by atoms with E-state index in [0.717, 1.165) is 16.8 Å². The van der Waals surface area contributed by atoms with Crippen molar-refractivity contribution in [3.8, 4) is 16.8 Å². The third-order valence-corrected chi connectivity index (χ3v) is 8.32. The number of hydrogen-bond donors (Lipinski definition) is 0. The molecule has 0 aliphatic heterocycles. The Morgan fingerprint density at radius 3 is 1.93 bits per heavy atom. The van der Waals surface area contributed by atoms with Gasteiger partial charge in [-0.05, 0) is 53.4 Å². The average Bonchev–Trinajstić information content (AvgIpc) is 3.57. The van der Waals surface area contributed by atoms with Gasteiger partial charge in [0.15, 0.2) is 0 Å². The molecule has 40 heavy (non-hydrogen) atoms. The van der Waals surface area contributed by atoms with Crippen LogP contribution in [-0.4, -0.2) is 14.0 Å². The van der Waals surface area contributed by atoms with Crippen molar-refractivity contribution in [1.82, 2.24) is 14.0 Å². The average molecular weight is 510 g/mol. The lowest BCUT2D eigenvalue weighted by Gasteiger charge is -2.12. The summed E-state index contributed by atoms with van der Waals surface area (Å²) >= 11 is 0. The molecule has 4 aromatic heterocycles. The van der Waals surface area contributed by atoms with Crippen LogP contribution in [0.25, 0.3) is 76.7 Å². The van der Waals surface area contributed by atoms with Gasteiger partial charge in [0.05, 0.1) is 39.5 Å². The molecule has 0 fully saturated rings. The minimum Gasteiger partial charge on any atom is -0.309 e. The molecule has 9 rings (SSSR count).